The Balaban J connectivity index is 2.39. The first-order valence-corrected chi connectivity index (χ1v) is 5.81. The van der Waals surface area contributed by atoms with Crippen LogP contribution >= 0.6 is 0 Å². The summed E-state index contributed by atoms with van der Waals surface area (Å²) in [5.74, 6) is 0.362. The summed E-state index contributed by atoms with van der Waals surface area (Å²) in [7, 11) is 0. The van der Waals surface area contributed by atoms with E-state index in [2.05, 4.69) is 19.2 Å². The molecular formula is C11H22N2O2. The highest BCUT2D eigenvalue weighted by Crippen LogP contribution is 2.20. The lowest BCUT2D eigenvalue weighted by Crippen LogP contribution is -2.43. The lowest BCUT2D eigenvalue weighted by atomic mass is 10.0. The maximum atomic E-state index is 11.8. The van der Waals surface area contributed by atoms with Crippen molar-refractivity contribution in [3.05, 3.63) is 0 Å². The molecule has 1 fully saturated rings. The molecule has 4 nitrogen and oxygen atoms in total. The number of hydrogen-bond acceptors (Lipinski definition) is 3. The van der Waals surface area contributed by atoms with Crippen molar-refractivity contribution in [1.29, 1.82) is 0 Å². The van der Waals surface area contributed by atoms with Gasteiger partial charge in [-0.15, -0.1) is 0 Å². The molecule has 0 aromatic heterocycles. The summed E-state index contributed by atoms with van der Waals surface area (Å²) >= 11 is 0. The van der Waals surface area contributed by atoms with Gasteiger partial charge >= 0.3 is 0 Å². The molecule has 0 spiro atoms. The summed E-state index contributed by atoms with van der Waals surface area (Å²) in [5, 5.41) is 3.00. The van der Waals surface area contributed by atoms with Crippen molar-refractivity contribution in [2.24, 2.45) is 11.7 Å². The number of amides is 1. The third-order valence-electron chi connectivity index (χ3n) is 3.00. The van der Waals surface area contributed by atoms with Crippen molar-refractivity contribution in [2.45, 2.75) is 45.3 Å². The van der Waals surface area contributed by atoms with Crippen molar-refractivity contribution in [1.82, 2.24) is 5.32 Å². The van der Waals surface area contributed by atoms with Crippen molar-refractivity contribution >= 4 is 5.91 Å². The predicted molar refractivity (Wildman–Crippen MR) is 59.4 cm³/mol. The van der Waals surface area contributed by atoms with Crippen LogP contribution in [-0.2, 0) is 9.53 Å². The smallest absolute Gasteiger partial charge is 0.249 e. The van der Waals surface area contributed by atoms with Gasteiger partial charge in [-0.2, -0.15) is 0 Å². The SMILES string of the molecule is CCC(CCN)NC(=O)C1OCCC1C. The van der Waals surface area contributed by atoms with Gasteiger partial charge in [0.1, 0.15) is 6.10 Å². The van der Waals surface area contributed by atoms with Gasteiger partial charge in [-0.3, -0.25) is 4.79 Å². The first-order chi connectivity index (χ1) is 7.19. The zero-order chi connectivity index (χ0) is 11.3. The van der Waals surface area contributed by atoms with E-state index in [0.717, 1.165) is 19.3 Å². The van der Waals surface area contributed by atoms with E-state index < -0.39 is 0 Å². The van der Waals surface area contributed by atoms with E-state index in [1.54, 1.807) is 0 Å². The lowest BCUT2D eigenvalue weighted by Gasteiger charge is -2.20. The summed E-state index contributed by atoms with van der Waals surface area (Å²) < 4.78 is 5.41. The molecule has 0 aromatic rings. The average molecular weight is 214 g/mol. The van der Waals surface area contributed by atoms with Gasteiger partial charge in [0.2, 0.25) is 5.91 Å². The van der Waals surface area contributed by atoms with Gasteiger partial charge in [-0.1, -0.05) is 13.8 Å². The van der Waals surface area contributed by atoms with E-state index in [1.165, 1.54) is 0 Å². The van der Waals surface area contributed by atoms with Gasteiger partial charge in [-0.25, -0.2) is 0 Å². The second-order valence-corrected chi connectivity index (χ2v) is 4.25. The topological polar surface area (TPSA) is 64.3 Å². The van der Waals surface area contributed by atoms with Gasteiger partial charge in [0, 0.05) is 12.6 Å². The highest BCUT2D eigenvalue weighted by atomic mass is 16.5. The molecule has 0 saturated carbocycles. The third-order valence-corrected chi connectivity index (χ3v) is 3.00. The summed E-state index contributed by atoms with van der Waals surface area (Å²) in [6.07, 6.45) is 2.48. The van der Waals surface area contributed by atoms with Crippen LogP contribution in [0.1, 0.15) is 33.1 Å². The van der Waals surface area contributed by atoms with Crippen LogP contribution in [0.3, 0.4) is 0 Å². The van der Waals surface area contributed by atoms with Crippen molar-refractivity contribution in [2.75, 3.05) is 13.2 Å². The van der Waals surface area contributed by atoms with Gasteiger partial charge in [0.05, 0.1) is 0 Å². The molecule has 1 saturated heterocycles. The molecule has 1 aliphatic rings. The monoisotopic (exact) mass is 214 g/mol. The van der Waals surface area contributed by atoms with E-state index in [4.69, 9.17) is 10.5 Å². The average Bonchev–Trinajstić information content (AvgIpc) is 2.63. The summed E-state index contributed by atoms with van der Waals surface area (Å²) in [4.78, 5) is 11.8. The molecule has 1 aliphatic heterocycles. The molecular weight excluding hydrogens is 192 g/mol. The first-order valence-electron chi connectivity index (χ1n) is 5.81. The van der Waals surface area contributed by atoms with Crippen LogP contribution in [0.5, 0.6) is 0 Å². The fraction of sp³-hybridized carbons (Fsp3) is 0.909. The highest BCUT2D eigenvalue weighted by molar-refractivity contribution is 5.81. The number of hydrogen-bond donors (Lipinski definition) is 2. The van der Waals surface area contributed by atoms with Crippen LogP contribution in [0.4, 0.5) is 0 Å². The largest absolute Gasteiger partial charge is 0.368 e. The van der Waals surface area contributed by atoms with Crippen LogP contribution in [-0.4, -0.2) is 31.2 Å². The van der Waals surface area contributed by atoms with Crippen molar-refractivity contribution in [3.63, 3.8) is 0 Å². The number of carbonyl (C=O) groups excluding carboxylic acids is 1. The number of nitrogens with two attached hydrogens (primary N) is 1. The standard InChI is InChI=1S/C11H22N2O2/c1-3-9(4-6-12)13-11(14)10-8(2)5-7-15-10/h8-10H,3-7,12H2,1-2H3,(H,13,14). The van der Waals surface area contributed by atoms with E-state index >= 15 is 0 Å². The normalized spacial score (nSPS) is 27.7. The number of nitrogens with one attached hydrogen (secondary N) is 1. The number of carbonyl (C=O) groups is 1. The Kier molecular flexibility index (Phi) is 5.05. The van der Waals surface area contributed by atoms with E-state index in [9.17, 15) is 4.79 Å². The Morgan fingerprint density at radius 2 is 2.40 bits per heavy atom. The summed E-state index contributed by atoms with van der Waals surface area (Å²) in [5.41, 5.74) is 5.48. The third kappa shape index (κ3) is 3.47. The number of ether oxygens (including phenoxy) is 1. The second-order valence-electron chi connectivity index (χ2n) is 4.25. The van der Waals surface area contributed by atoms with Crippen molar-refractivity contribution in [3.8, 4) is 0 Å². The molecule has 15 heavy (non-hydrogen) atoms. The molecule has 3 unspecified atom stereocenters. The molecule has 0 radical (unpaired) electrons. The Morgan fingerprint density at radius 3 is 2.87 bits per heavy atom. The molecule has 88 valence electrons. The minimum atomic E-state index is -0.253. The molecule has 1 heterocycles. The maximum absolute atomic E-state index is 11.8. The first kappa shape index (κ1) is 12.5. The zero-order valence-corrected chi connectivity index (χ0v) is 9.66. The Bertz CT molecular complexity index is 209. The molecule has 3 N–H and O–H groups in total. The fourth-order valence-electron chi connectivity index (χ4n) is 1.89. The Hall–Kier alpha value is -0.610. The highest BCUT2D eigenvalue weighted by Gasteiger charge is 2.31. The minimum absolute atomic E-state index is 0.0281. The van der Waals surface area contributed by atoms with Crippen LogP contribution < -0.4 is 11.1 Å². The molecule has 3 atom stereocenters. The Labute approximate surface area is 91.5 Å². The van der Waals surface area contributed by atoms with Crippen LogP contribution in [0, 0.1) is 5.92 Å². The minimum Gasteiger partial charge on any atom is -0.368 e. The zero-order valence-electron chi connectivity index (χ0n) is 9.66. The van der Waals surface area contributed by atoms with Gasteiger partial charge in [-0.05, 0) is 31.7 Å². The van der Waals surface area contributed by atoms with Crippen LogP contribution in [0.25, 0.3) is 0 Å². The molecule has 1 amide bonds. The molecule has 1 rings (SSSR count). The summed E-state index contributed by atoms with van der Waals surface area (Å²) in [6.45, 7) is 5.42. The summed E-state index contributed by atoms with van der Waals surface area (Å²) in [6, 6.07) is 0.193. The van der Waals surface area contributed by atoms with Crippen LogP contribution in [0.15, 0.2) is 0 Å². The number of rotatable bonds is 5. The predicted octanol–water partition coefficient (Wildman–Crippen LogP) is 0.655. The fourth-order valence-corrected chi connectivity index (χ4v) is 1.89. The molecule has 4 heteroatoms. The molecule has 0 aromatic carbocycles. The second kappa shape index (κ2) is 6.08. The maximum Gasteiger partial charge on any atom is 0.249 e. The quantitative estimate of drug-likeness (QED) is 0.706. The Morgan fingerprint density at radius 1 is 1.67 bits per heavy atom. The van der Waals surface area contributed by atoms with E-state index in [0.29, 0.717) is 19.1 Å². The van der Waals surface area contributed by atoms with Gasteiger partial charge < -0.3 is 15.8 Å². The van der Waals surface area contributed by atoms with Gasteiger partial charge in [0.25, 0.3) is 0 Å². The van der Waals surface area contributed by atoms with Crippen LogP contribution in [0.2, 0.25) is 0 Å². The van der Waals surface area contributed by atoms with E-state index in [-0.39, 0.29) is 18.1 Å². The molecule has 0 bridgehead atoms. The van der Waals surface area contributed by atoms with Gasteiger partial charge in [0.15, 0.2) is 0 Å². The molecule has 0 aliphatic carbocycles. The van der Waals surface area contributed by atoms with E-state index in [1.807, 2.05) is 0 Å². The lowest BCUT2D eigenvalue weighted by molar-refractivity contribution is -0.132. The van der Waals surface area contributed by atoms with Crippen molar-refractivity contribution < 1.29 is 9.53 Å².